The quantitative estimate of drug-likeness (QED) is 0.654. The van der Waals surface area contributed by atoms with Gasteiger partial charge in [0, 0.05) is 12.6 Å². The minimum Gasteiger partial charge on any atom is -0.377 e. The molecule has 17 heavy (non-hydrogen) atoms. The van der Waals surface area contributed by atoms with Gasteiger partial charge in [-0.25, -0.2) is 0 Å². The van der Waals surface area contributed by atoms with E-state index in [-0.39, 0.29) is 0 Å². The van der Waals surface area contributed by atoms with E-state index in [1.807, 2.05) is 6.08 Å². The highest BCUT2D eigenvalue weighted by molar-refractivity contribution is 4.89. The molecule has 1 rings (SSSR count). The molecule has 2 atom stereocenters. The van der Waals surface area contributed by atoms with Crippen LogP contribution in [0.15, 0.2) is 12.7 Å². The first-order valence-corrected chi connectivity index (χ1v) is 7.29. The standard InChI is InChI=1S/C15H29NO/c1-4-10-14(16-5-2)15(17-6-3)13-11-8-7-9-12-13/h4,13-16H,1,5-12H2,2-3H3. The molecule has 1 fully saturated rings. The predicted molar refractivity (Wildman–Crippen MR) is 74.3 cm³/mol. The van der Waals surface area contributed by atoms with E-state index < -0.39 is 0 Å². The first-order chi connectivity index (χ1) is 8.33. The Hall–Kier alpha value is -0.340. The van der Waals surface area contributed by atoms with Crippen LogP contribution in [0.2, 0.25) is 0 Å². The maximum atomic E-state index is 6.04. The Bertz CT molecular complexity index is 199. The van der Waals surface area contributed by atoms with Crippen molar-refractivity contribution in [1.82, 2.24) is 5.32 Å². The lowest BCUT2D eigenvalue weighted by Gasteiger charge is -2.35. The van der Waals surface area contributed by atoms with Gasteiger partial charge >= 0.3 is 0 Å². The lowest BCUT2D eigenvalue weighted by molar-refractivity contribution is -0.0165. The van der Waals surface area contributed by atoms with Crippen molar-refractivity contribution < 1.29 is 4.74 Å². The van der Waals surface area contributed by atoms with Crippen LogP contribution >= 0.6 is 0 Å². The van der Waals surface area contributed by atoms with E-state index in [1.54, 1.807) is 0 Å². The molecule has 0 radical (unpaired) electrons. The molecule has 1 saturated carbocycles. The smallest absolute Gasteiger partial charge is 0.0758 e. The number of hydrogen-bond donors (Lipinski definition) is 1. The monoisotopic (exact) mass is 239 g/mol. The van der Waals surface area contributed by atoms with Gasteiger partial charge in [0.15, 0.2) is 0 Å². The van der Waals surface area contributed by atoms with Crippen LogP contribution in [0, 0.1) is 5.92 Å². The SMILES string of the molecule is C=CCC(NCC)C(OCC)C1CCCCC1. The van der Waals surface area contributed by atoms with Crippen molar-refractivity contribution in [1.29, 1.82) is 0 Å². The van der Waals surface area contributed by atoms with Crippen molar-refractivity contribution in [2.45, 2.75) is 64.5 Å². The highest BCUT2D eigenvalue weighted by Gasteiger charge is 2.29. The van der Waals surface area contributed by atoms with E-state index in [4.69, 9.17) is 4.74 Å². The molecule has 0 saturated heterocycles. The zero-order valence-corrected chi connectivity index (χ0v) is 11.6. The Morgan fingerprint density at radius 1 is 1.29 bits per heavy atom. The molecule has 0 heterocycles. The third-order valence-corrected chi connectivity index (χ3v) is 3.76. The lowest BCUT2D eigenvalue weighted by Crippen LogP contribution is -2.45. The molecule has 0 aromatic heterocycles. The summed E-state index contributed by atoms with van der Waals surface area (Å²) in [6, 6.07) is 0.445. The summed E-state index contributed by atoms with van der Waals surface area (Å²) in [5.74, 6) is 0.743. The molecule has 0 aromatic rings. The molecule has 2 nitrogen and oxygen atoms in total. The summed E-state index contributed by atoms with van der Waals surface area (Å²) >= 11 is 0. The van der Waals surface area contributed by atoms with Gasteiger partial charge in [0.25, 0.3) is 0 Å². The second-order valence-electron chi connectivity index (χ2n) is 5.01. The van der Waals surface area contributed by atoms with Crippen molar-refractivity contribution in [3.63, 3.8) is 0 Å². The molecular weight excluding hydrogens is 210 g/mol. The van der Waals surface area contributed by atoms with E-state index in [9.17, 15) is 0 Å². The molecule has 2 heteroatoms. The molecule has 0 spiro atoms. The van der Waals surface area contributed by atoms with Gasteiger partial charge in [-0.15, -0.1) is 6.58 Å². The zero-order valence-electron chi connectivity index (χ0n) is 11.6. The van der Waals surface area contributed by atoms with Gasteiger partial charge in [0.2, 0.25) is 0 Å². The summed E-state index contributed by atoms with van der Waals surface area (Å²) in [5, 5.41) is 3.57. The molecule has 100 valence electrons. The molecule has 1 aliphatic rings. The summed E-state index contributed by atoms with van der Waals surface area (Å²) in [6.07, 6.45) is 10.2. The summed E-state index contributed by atoms with van der Waals surface area (Å²) in [4.78, 5) is 0. The fourth-order valence-corrected chi connectivity index (χ4v) is 3.01. The second kappa shape index (κ2) is 8.71. The molecule has 2 unspecified atom stereocenters. The Labute approximate surface area is 107 Å². The molecule has 1 aliphatic carbocycles. The maximum Gasteiger partial charge on any atom is 0.0758 e. The van der Waals surface area contributed by atoms with Gasteiger partial charge in [0.1, 0.15) is 0 Å². The van der Waals surface area contributed by atoms with Gasteiger partial charge < -0.3 is 10.1 Å². The molecule has 0 aromatic carbocycles. The fourth-order valence-electron chi connectivity index (χ4n) is 3.01. The van der Waals surface area contributed by atoms with Gasteiger partial charge in [-0.3, -0.25) is 0 Å². The fraction of sp³-hybridized carbons (Fsp3) is 0.867. The third-order valence-electron chi connectivity index (χ3n) is 3.76. The molecule has 0 bridgehead atoms. The first-order valence-electron chi connectivity index (χ1n) is 7.29. The molecular formula is C15H29NO. The third kappa shape index (κ3) is 4.81. The van der Waals surface area contributed by atoms with Gasteiger partial charge in [-0.2, -0.15) is 0 Å². The Morgan fingerprint density at radius 3 is 2.53 bits per heavy atom. The van der Waals surface area contributed by atoms with E-state index >= 15 is 0 Å². The summed E-state index contributed by atoms with van der Waals surface area (Å²) in [6.45, 7) is 9.97. The summed E-state index contributed by atoms with van der Waals surface area (Å²) in [5.41, 5.74) is 0. The number of ether oxygens (including phenoxy) is 1. The van der Waals surface area contributed by atoms with Crippen LogP contribution < -0.4 is 5.32 Å². The Morgan fingerprint density at radius 2 is 2.00 bits per heavy atom. The van der Waals surface area contributed by atoms with Crippen molar-refractivity contribution >= 4 is 0 Å². The maximum absolute atomic E-state index is 6.04. The minimum absolute atomic E-state index is 0.373. The Kier molecular flexibility index (Phi) is 7.54. The van der Waals surface area contributed by atoms with Crippen molar-refractivity contribution in [2.75, 3.05) is 13.2 Å². The summed E-state index contributed by atoms with van der Waals surface area (Å²) in [7, 11) is 0. The van der Waals surface area contributed by atoms with E-state index in [0.717, 1.165) is 25.5 Å². The van der Waals surface area contributed by atoms with Crippen LogP contribution in [0.4, 0.5) is 0 Å². The first kappa shape index (κ1) is 14.7. The van der Waals surface area contributed by atoms with Crippen LogP contribution in [-0.2, 0) is 4.74 Å². The second-order valence-corrected chi connectivity index (χ2v) is 5.01. The van der Waals surface area contributed by atoms with E-state index in [1.165, 1.54) is 32.1 Å². The van der Waals surface area contributed by atoms with E-state index in [0.29, 0.717) is 12.1 Å². The number of hydrogen-bond acceptors (Lipinski definition) is 2. The van der Waals surface area contributed by atoms with Crippen LogP contribution in [0.25, 0.3) is 0 Å². The average Bonchev–Trinajstić information content (AvgIpc) is 2.37. The highest BCUT2D eigenvalue weighted by Crippen LogP contribution is 2.30. The summed E-state index contributed by atoms with van der Waals surface area (Å²) < 4.78 is 6.04. The van der Waals surface area contributed by atoms with E-state index in [2.05, 4.69) is 25.7 Å². The largest absolute Gasteiger partial charge is 0.377 e. The normalized spacial score (nSPS) is 21.1. The van der Waals surface area contributed by atoms with Crippen molar-refractivity contribution in [2.24, 2.45) is 5.92 Å². The molecule has 0 aliphatic heterocycles. The number of nitrogens with one attached hydrogen (secondary N) is 1. The zero-order chi connectivity index (χ0) is 12.5. The minimum atomic E-state index is 0.373. The van der Waals surface area contributed by atoms with Gasteiger partial charge in [-0.05, 0) is 38.6 Å². The highest BCUT2D eigenvalue weighted by atomic mass is 16.5. The molecule has 1 N–H and O–H groups in total. The Balaban J connectivity index is 2.61. The van der Waals surface area contributed by atoms with Crippen molar-refractivity contribution in [3.8, 4) is 0 Å². The predicted octanol–water partition coefficient (Wildman–Crippen LogP) is 3.53. The van der Waals surface area contributed by atoms with Crippen LogP contribution in [0.1, 0.15) is 52.4 Å². The van der Waals surface area contributed by atoms with Crippen LogP contribution in [0.3, 0.4) is 0 Å². The topological polar surface area (TPSA) is 21.3 Å². The van der Waals surface area contributed by atoms with Gasteiger partial charge in [0.05, 0.1) is 6.10 Å². The van der Waals surface area contributed by atoms with Crippen molar-refractivity contribution in [3.05, 3.63) is 12.7 Å². The molecule has 0 amide bonds. The number of rotatable bonds is 8. The van der Waals surface area contributed by atoms with Crippen LogP contribution in [0.5, 0.6) is 0 Å². The van der Waals surface area contributed by atoms with Crippen LogP contribution in [-0.4, -0.2) is 25.3 Å². The average molecular weight is 239 g/mol. The number of likely N-dealkylation sites (N-methyl/N-ethyl adjacent to an activating group) is 1. The van der Waals surface area contributed by atoms with Gasteiger partial charge in [-0.1, -0.05) is 32.3 Å². The lowest BCUT2D eigenvalue weighted by atomic mass is 9.81.